The Bertz CT molecular complexity index is 1000. The Morgan fingerprint density at radius 1 is 1.16 bits per heavy atom. The molecule has 4 rings (SSSR count). The summed E-state index contributed by atoms with van der Waals surface area (Å²) in [6.07, 6.45) is 1.70. The molecule has 0 unspecified atom stereocenters. The molecule has 0 saturated heterocycles. The van der Waals surface area contributed by atoms with Crippen molar-refractivity contribution in [3.63, 3.8) is 0 Å². The number of nitriles is 1. The van der Waals surface area contributed by atoms with Gasteiger partial charge < -0.3 is 9.47 Å². The summed E-state index contributed by atoms with van der Waals surface area (Å²) < 4.78 is 23.7. The van der Waals surface area contributed by atoms with Crippen LogP contribution in [-0.4, -0.2) is 11.8 Å². The van der Waals surface area contributed by atoms with Crippen molar-refractivity contribution in [2.75, 3.05) is 6.79 Å². The van der Waals surface area contributed by atoms with Crippen LogP contribution >= 0.6 is 11.3 Å². The highest BCUT2D eigenvalue weighted by Crippen LogP contribution is 2.36. The van der Waals surface area contributed by atoms with E-state index >= 15 is 0 Å². The van der Waals surface area contributed by atoms with E-state index in [0.29, 0.717) is 22.1 Å². The van der Waals surface area contributed by atoms with Crippen LogP contribution in [0.4, 0.5) is 4.39 Å². The van der Waals surface area contributed by atoms with Crippen LogP contribution in [0.5, 0.6) is 11.5 Å². The van der Waals surface area contributed by atoms with E-state index in [1.807, 2.05) is 23.6 Å². The van der Waals surface area contributed by atoms with Crippen LogP contribution in [0.3, 0.4) is 0 Å². The lowest BCUT2D eigenvalue weighted by molar-refractivity contribution is 0.174. The van der Waals surface area contributed by atoms with Crippen LogP contribution in [0.1, 0.15) is 10.6 Å². The summed E-state index contributed by atoms with van der Waals surface area (Å²) in [4.78, 5) is 4.55. The summed E-state index contributed by atoms with van der Waals surface area (Å²) in [6.45, 7) is 0.222. The van der Waals surface area contributed by atoms with E-state index in [1.165, 1.54) is 23.5 Å². The number of benzene rings is 2. The second-order valence-electron chi connectivity index (χ2n) is 5.33. The molecule has 0 amide bonds. The molecular formula is C19H11FN2O2S. The topological polar surface area (TPSA) is 55.1 Å². The third kappa shape index (κ3) is 3.10. The average molecular weight is 350 g/mol. The number of rotatable bonds is 3. The standard InChI is InChI=1S/C19H11FN2O2S/c20-15-4-1-12(2-5-15)7-14(9-21)19-22-16(10-25-19)13-3-6-17-18(8-13)24-11-23-17/h1-8,10H,11H2/b14-7-. The molecule has 1 aromatic heterocycles. The number of nitrogens with zero attached hydrogens (tertiary/aromatic N) is 2. The highest BCUT2D eigenvalue weighted by atomic mass is 32.1. The first-order valence-corrected chi connectivity index (χ1v) is 8.34. The molecular weight excluding hydrogens is 339 g/mol. The van der Waals surface area contributed by atoms with Gasteiger partial charge in [-0.2, -0.15) is 5.26 Å². The second kappa shape index (κ2) is 6.38. The van der Waals surface area contributed by atoms with E-state index in [-0.39, 0.29) is 12.6 Å². The lowest BCUT2D eigenvalue weighted by Crippen LogP contribution is -1.92. The Morgan fingerprint density at radius 3 is 2.76 bits per heavy atom. The largest absolute Gasteiger partial charge is 0.454 e. The summed E-state index contributed by atoms with van der Waals surface area (Å²) in [6, 6.07) is 13.8. The fraction of sp³-hybridized carbons (Fsp3) is 0.0526. The molecule has 1 aliphatic heterocycles. The number of halogens is 1. The predicted molar refractivity (Wildman–Crippen MR) is 93.6 cm³/mol. The summed E-state index contributed by atoms with van der Waals surface area (Å²) >= 11 is 1.38. The van der Waals surface area contributed by atoms with Crippen molar-refractivity contribution in [3.8, 4) is 28.8 Å². The van der Waals surface area contributed by atoms with Crippen molar-refractivity contribution >= 4 is 23.0 Å². The van der Waals surface area contributed by atoms with Crippen molar-refractivity contribution in [1.82, 2.24) is 4.98 Å². The normalized spacial score (nSPS) is 12.9. The van der Waals surface area contributed by atoms with Gasteiger partial charge in [0.05, 0.1) is 11.3 Å². The zero-order valence-corrected chi connectivity index (χ0v) is 13.7. The molecule has 1 aliphatic rings. The van der Waals surface area contributed by atoms with Crippen LogP contribution < -0.4 is 9.47 Å². The van der Waals surface area contributed by atoms with Gasteiger partial charge in [0.2, 0.25) is 6.79 Å². The summed E-state index contributed by atoms with van der Waals surface area (Å²) in [5, 5.41) is 11.9. The Labute approximate surface area is 147 Å². The molecule has 0 spiro atoms. The molecule has 2 aromatic carbocycles. The SMILES string of the molecule is N#C/C(=C/c1ccc(F)cc1)c1nc(-c2ccc3c(c2)OCO3)cs1. The van der Waals surface area contributed by atoms with Gasteiger partial charge in [-0.05, 0) is 42.0 Å². The van der Waals surface area contributed by atoms with Crippen molar-refractivity contribution in [1.29, 1.82) is 5.26 Å². The van der Waals surface area contributed by atoms with Gasteiger partial charge in [-0.15, -0.1) is 11.3 Å². The summed E-state index contributed by atoms with van der Waals surface area (Å²) in [5.74, 6) is 1.09. The molecule has 0 atom stereocenters. The monoisotopic (exact) mass is 350 g/mol. The molecule has 3 aromatic rings. The maximum Gasteiger partial charge on any atom is 0.231 e. The van der Waals surface area contributed by atoms with Crippen LogP contribution in [0.15, 0.2) is 47.8 Å². The number of hydrogen-bond acceptors (Lipinski definition) is 5. The predicted octanol–water partition coefficient (Wildman–Crippen LogP) is 4.74. The maximum atomic E-state index is 13.0. The first kappa shape index (κ1) is 15.4. The van der Waals surface area contributed by atoms with Gasteiger partial charge in [-0.25, -0.2) is 9.37 Å². The lowest BCUT2D eigenvalue weighted by atomic mass is 10.1. The van der Waals surface area contributed by atoms with E-state index < -0.39 is 0 Å². The molecule has 6 heteroatoms. The van der Waals surface area contributed by atoms with E-state index in [1.54, 1.807) is 18.2 Å². The Morgan fingerprint density at radius 2 is 1.96 bits per heavy atom. The molecule has 0 bridgehead atoms. The van der Waals surface area contributed by atoms with Crippen molar-refractivity contribution in [2.24, 2.45) is 0 Å². The number of fused-ring (bicyclic) bond motifs is 1. The van der Waals surface area contributed by atoms with Crippen molar-refractivity contribution < 1.29 is 13.9 Å². The minimum absolute atomic E-state index is 0.222. The molecule has 25 heavy (non-hydrogen) atoms. The number of hydrogen-bond donors (Lipinski definition) is 0. The first-order valence-electron chi connectivity index (χ1n) is 7.46. The van der Waals surface area contributed by atoms with E-state index in [0.717, 1.165) is 16.8 Å². The maximum absolute atomic E-state index is 13.0. The van der Waals surface area contributed by atoms with Gasteiger partial charge in [0.15, 0.2) is 11.5 Å². The number of thiazole rings is 1. The van der Waals surface area contributed by atoms with Crippen LogP contribution in [0.25, 0.3) is 22.9 Å². The van der Waals surface area contributed by atoms with Gasteiger partial charge in [0.1, 0.15) is 16.9 Å². The van der Waals surface area contributed by atoms with E-state index in [4.69, 9.17) is 9.47 Å². The van der Waals surface area contributed by atoms with Gasteiger partial charge in [-0.3, -0.25) is 0 Å². The Hall–Kier alpha value is -3.17. The van der Waals surface area contributed by atoms with Crippen molar-refractivity contribution in [2.45, 2.75) is 0 Å². The zero-order valence-electron chi connectivity index (χ0n) is 12.9. The third-order valence-corrected chi connectivity index (χ3v) is 4.58. The molecule has 0 saturated carbocycles. The smallest absolute Gasteiger partial charge is 0.231 e. The average Bonchev–Trinajstić information content (AvgIpc) is 3.30. The van der Waals surface area contributed by atoms with Gasteiger partial charge in [0.25, 0.3) is 0 Å². The van der Waals surface area contributed by atoms with Crippen molar-refractivity contribution in [3.05, 3.63) is 64.2 Å². The second-order valence-corrected chi connectivity index (χ2v) is 6.19. The molecule has 4 nitrogen and oxygen atoms in total. The number of ether oxygens (including phenoxy) is 2. The highest BCUT2D eigenvalue weighted by Gasteiger charge is 2.15. The molecule has 0 fully saturated rings. The lowest BCUT2D eigenvalue weighted by Gasteiger charge is -1.99. The Kier molecular flexibility index (Phi) is 3.92. The van der Waals surface area contributed by atoms with E-state index in [2.05, 4.69) is 11.1 Å². The quantitative estimate of drug-likeness (QED) is 0.640. The summed E-state index contributed by atoms with van der Waals surface area (Å²) in [7, 11) is 0. The molecule has 2 heterocycles. The number of aromatic nitrogens is 1. The number of allylic oxidation sites excluding steroid dienone is 1. The fourth-order valence-corrected chi connectivity index (χ4v) is 3.25. The van der Waals surface area contributed by atoms with Gasteiger partial charge in [-0.1, -0.05) is 12.1 Å². The first-order chi connectivity index (χ1) is 12.2. The van der Waals surface area contributed by atoms with Gasteiger partial charge in [0, 0.05) is 10.9 Å². The van der Waals surface area contributed by atoms with Crippen LogP contribution in [0, 0.1) is 17.1 Å². The fourth-order valence-electron chi connectivity index (χ4n) is 2.45. The van der Waals surface area contributed by atoms with Crippen LogP contribution in [0.2, 0.25) is 0 Å². The molecule has 0 aliphatic carbocycles. The van der Waals surface area contributed by atoms with Gasteiger partial charge >= 0.3 is 0 Å². The summed E-state index contributed by atoms with van der Waals surface area (Å²) in [5.41, 5.74) is 2.84. The highest BCUT2D eigenvalue weighted by molar-refractivity contribution is 7.11. The minimum Gasteiger partial charge on any atom is -0.454 e. The minimum atomic E-state index is -0.310. The molecule has 122 valence electrons. The molecule has 0 N–H and O–H groups in total. The van der Waals surface area contributed by atoms with Crippen LogP contribution in [-0.2, 0) is 0 Å². The van der Waals surface area contributed by atoms with E-state index in [9.17, 15) is 9.65 Å². The molecule has 0 radical (unpaired) electrons. The third-order valence-electron chi connectivity index (χ3n) is 3.70. The Balaban J connectivity index is 1.65. The zero-order chi connectivity index (χ0) is 17.2.